The Morgan fingerprint density at radius 2 is 1.55 bits per heavy atom. The van der Waals surface area contributed by atoms with E-state index in [1.54, 1.807) is 57.7 Å². The lowest BCUT2D eigenvalue weighted by Crippen LogP contribution is -2.13. The maximum absolute atomic E-state index is 12.7. The van der Waals surface area contributed by atoms with Crippen LogP contribution in [0.5, 0.6) is 23.0 Å². The highest BCUT2D eigenvalue weighted by atomic mass is 16.5. The van der Waals surface area contributed by atoms with Gasteiger partial charge < -0.3 is 24.3 Å². The third kappa shape index (κ3) is 4.99. The summed E-state index contributed by atoms with van der Waals surface area (Å²) in [6, 6.07) is 19.8. The van der Waals surface area contributed by atoms with Crippen molar-refractivity contribution in [1.29, 1.82) is 0 Å². The molecule has 6 nitrogen and oxygen atoms in total. The van der Waals surface area contributed by atoms with Crippen molar-refractivity contribution >= 4 is 11.6 Å². The number of carbonyl (C=O) groups is 1. The summed E-state index contributed by atoms with van der Waals surface area (Å²) in [4.78, 5) is 12.7. The Balaban J connectivity index is 1.78. The van der Waals surface area contributed by atoms with E-state index in [2.05, 4.69) is 5.32 Å². The van der Waals surface area contributed by atoms with E-state index >= 15 is 0 Å². The minimum absolute atomic E-state index is 0.242. The molecule has 0 atom stereocenters. The second-order valence-corrected chi connectivity index (χ2v) is 6.15. The van der Waals surface area contributed by atoms with Crippen LogP contribution in [0.15, 0.2) is 66.7 Å². The summed E-state index contributed by atoms with van der Waals surface area (Å²) >= 11 is 0. The van der Waals surface area contributed by atoms with E-state index in [0.29, 0.717) is 34.2 Å². The van der Waals surface area contributed by atoms with E-state index in [-0.39, 0.29) is 12.5 Å². The van der Waals surface area contributed by atoms with Crippen LogP contribution in [0.1, 0.15) is 15.9 Å². The van der Waals surface area contributed by atoms with E-state index in [1.807, 2.05) is 30.3 Å². The molecule has 29 heavy (non-hydrogen) atoms. The zero-order chi connectivity index (χ0) is 20.6. The molecule has 150 valence electrons. The molecule has 1 N–H and O–H groups in total. The van der Waals surface area contributed by atoms with Crippen LogP contribution < -0.4 is 24.3 Å². The molecule has 0 unspecified atom stereocenters. The first-order valence-electron chi connectivity index (χ1n) is 9.02. The lowest BCUT2D eigenvalue weighted by molar-refractivity contribution is 0.102. The van der Waals surface area contributed by atoms with Crippen LogP contribution in [0.4, 0.5) is 5.69 Å². The number of methoxy groups -OCH3 is 3. The van der Waals surface area contributed by atoms with E-state index < -0.39 is 0 Å². The minimum Gasteiger partial charge on any atom is -0.497 e. The van der Waals surface area contributed by atoms with Gasteiger partial charge in [0.1, 0.15) is 29.6 Å². The molecule has 0 radical (unpaired) electrons. The van der Waals surface area contributed by atoms with Crippen molar-refractivity contribution < 1.29 is 23.7 Å². The Labute approximate surface area is 170 Å². The molecule has 0 aliphatic carbocycles. The van der Waals surface area contributed by atoms with Gasteiger partial charge in [-0.2, -0.15) is 0 Å². The molecule has 6 heteroatoms. The second-order valence-electron chi connectivity index (χ2n) is 6.15. The molecule has 0 heterocycles. The number of hydrogen-bond donors (Lipinski definition) is 1. The maximum Gasteiger partial charge on any atom is 0.255 e. The number of benzene rings is 3. The molecular formula is C23H23NO5. The molecule has 1 amide bonds. The number of nitrogens with one attached hydrogen (secondary N) is 1. The predicted molar refractivity (Wildman–Crippen MR) is 111 cm³/mol. The van der Waals surface area contributed by atoms with Crippen molar-refractivity contribution in [2.75, 3.05) is 26.6 Å². The third-order valence-corrected chi connectivity index (χ3v) is 4.33. The van der Waals surface area contributed by atoms with Crippen LogP contribution in [-0.4, -0.2) is 27.2 Å². The molecular weight excluding hydrogens is 370 g/mol. The van der Waals surface area contributed by atoms with Gasteiger partial charge in [-0.15, -0.1) is 0 Å². The van der Waals surface area contributed by atoms with Crippen LogP contribution >= 0.6 is 0 Å². The van der Waals surface area contributed by atoms with Crippen LogP contribution in [0.2, 0.25) is 0 Å². The van der Waals surface area contributed by atoms with Gasteiger partial charge in [-0.05, 0) is 42.5 Å². The van der Waals surface area contributed by atoms with E-state index in [0.717, 1.165) is 5.56 Å². The number of amides is 1. The lowest BCUT2D eigenvalue weighted by Gasteiger charge is -2.13. The Bertz CT molecular complexity index is 987. The van der Waals surface area contributed by atoms with Crippen molar-refractivity contribution in [3.63, 3.8) is 0 Å². The summed E-state index contributed by atoms with van der Waals surface area (Å²) in [5, 5.41) is 2.87. The first-order valence-corrected chi connectivity index (χ1v) is 9.02. The first-order chi connectivity index (χ1) is 14.1. The summed E-state index contributed by atoms with van der Waals surface area (Å²) < 4.78 is 21.8. The topological polar surface area (TPSA) is 66.0 Å². The van der Waals surface area contributed by atoms with Crippen molar-refractivity contribution in [2.45, 2.75) is 6.61 Å². The molecule has 0 spiro atoms. The maximum atomic E-state index is 12.7. The minimum atomic E-state index is -0.250. The predicted octanol–water partition coefficient (Wildman–Crippen LogP) is 4.54. The Morgan fingerprint density at radius 3 is 2.31 bits per heavy atom. The van der Waals surface area contributed by atoms with Gasteiger partial charge in [0.2, 0.25) is 0 Å². The van der Waals surface area contributed by atoms with Crippen LogP contribution in [0.3, 0.4) is 0 Å². The van der Waals surface area contributed by atoms with E-state index in [1.165, 1.54) is 0 Å². The third-order valence-electron chi connectivity index (χ3n) is 4.33. The number of ether oxygens (including phenoxy) is 4. The number of anilines is 1. The fraction of sp³-hybridized carbons (Fsp3) is 0.174. The van der Waals surface area contributed by atoms with Gasteiger partial charge in [0, 0.05) is 17.2 Å². The van der Waals surface area contributed by atoms with Gasteiger partial charge in [-0.3, -0.25) is 4.79 Å². The standard InChI is InChI=1S/C23H23NO5/c1-26-18-7-6-8-19(14-18)29-15-17-13-16(11-12-21(17)27-2)23(25)24-20-9-4-5-10-22(20)28-3/h4-14H,15H2,1-3H3,(H,24,25). The second kappa shape index (κ2) is 9.50. The first kappa shape index (κ1) is 20.1. The highest BCUT2D eigenvalue weighted by molar-refractivity contribution is 6.05. The van der Waals surface area contributed by atoms with E-state index in [4.69, 9.17) is 18.9 Å². The van der Waals surface area contributed by atoms with Crippen molar-refractivity contribution in [1.82, 2.24) is 0 Å². The number of hydrogen-bond acceptors (Lipinski definition) is 5. The highest BCUT2D eigenvalue weighted by Gasteiger charge is 2.13. The molecule has 0 aromatic heterocycles. The summed E-state index contributed by atoms with van der Waals surface area (Å²) in [6.07, 6.45) is 0. The Morgan fingerprint density at radius 1 is 0.793 bits per heavy atom. The van der Waals surface area contributed by atoms with Crippen molar-refractivity contribution in [3.8, 4) is 23.0 Å². The average molecular weight is 393 g/mol. The van der Waals surface area contributed by atoms with Crippen molar-refractivity contribution in [2.24, 2.45) is 0 Å². The van der Waals surface area contributed by atoms with Gasteiger partial charge in [0.25, 0.3) is 5.91 Å². The number of para-hydroxylation sites is 2. The average Bonchev–Trinajstić information content (AvgIpc) is 2.77. The normalized spacial score (nSPS) is 10.2. The van der Waals surface area contributed by atoms with Crippen LogP contribution in [0.25, 0.3) is 0 Å². The fourth-order valence-electron chi connectivity index (χ4n) is 2.83. The quantitative estimate of drug-likeness (QED) is 0.608. The van der Waals surface area contributed by atoms with Crippen LogP contribution in [0, 0.1) is 0 Å². The number of carbonyl (C=O) groups excluding carboxylic acids is 1. The molecule has 0 aliphatic heterocycles. The molecule has 0 saturated heterocycles. The van der Waals surface area contributed by atoms with Gasteiger partial charge in [-0.25, -0.2) is 0 Å². The summed E-state index contributed by atoms with van der Waals surface area (Å²) in [5.74, 6) is 2.35. The Kier molecular flexibility index (Phi) is 6.58. The largest absolute Gasteiger partial charge is 0.497 e. The zero-order valence-electron chi connectivity index (χ0n) is 16.6. The zero-order valence-corrected chi connectivity index (χ0v) is 16.6. The van der Waals surface area contributed by atoms with Crippen molar-refractivity contribution in [3.05, 3.63) is 77.9 Å². The van der Waals surface area contributed by atoms with E-state index in [9.17, 15) is 4.79 Å². The fourth-order valence-corrected chi connectivity index (χ4v) is 2.83. The highest BCUT2D eigenvalue weighted by Crippen LogP contribution is 2.26. The molecule has 0 aliphatic rings. The number of rotatable bonds is 8. The molecule has 0 bridgehead atoms. The monoisotopic (exact) mass is 393 g/mol. The molecule has 0 saturated carbocycles. The smallest absolute Gasteiger partial charge is 0.255 e. The van der Waals surface area contributed by atoms with Gasteiger partial charge in [0.15, 0.2) is 0 Å². The molecule has 3 aromatic carbocycles. The summed E-state index contributed by atoms with van der Waals surface area (Å²) in [7, 11) is 4.75. The van der Waals surface area contributed by atoms with Gasteiger partial charge in [-0.1, -0.05) is 18.2 Å². The van der Waals surface area contributed by atoms with Crippen LogP contribution in [-0.2, 0) is 6.61 Å². The molecule has 0 fully saturated rings. The lowest BCUT2D eigenvalue weighted by atomic mass is 10.1. The summed E-state index contributed by atoms with van der Waals surface area (Å²) in [5.41, 5.74) is 1.84. The summed E-state index contributed by atoms with van der Waals surface area (Å²) in [6.45, 7) is 0.242. The molecule has 3 rings (SSSR count). The SMILES string of the molecule is COc1cccc(OCc2cc(C(=O)Nc3ccccc3OC)ccc2OC)c1. The Hall–Kier alpha value is -3.67. The van der Waals surface area contributed by atoms with Gasteiger partial charge in [0.05, 0.1) is 27.0 Å². The van der Waals surface area contributed by atoms with Gasteiger partial charge >= 0.3 is 0 Å². The molecule has 3 aromatic rings.